The number of nitrogens with zero attached hydrogens (tertiary/aromatic N) is 3. The Balaban J connectivity index is 1.84. The van der Waals surface area contributed by atoms with Gasteiger partial charge in [0.2, 0.25) is 11.5 Å². The summed E-state index contributed by atoms with van der Waals surface area (Å²) in [4.78, 5) is 72.2. The molecule has 13 nitrogen and oxygen atoms in total. The second-order valence-corrected chi connectivity index (χ2v) is 12.1. The van der Waals surface area contributed by atoms with Gasteiger partial charge >= 0.3 is 18.0 Å². The van der Waals surface area contributed by atoms with Crippen molar-refractivity contribution >= 4 is 64.0 Å². The fraction of sp³-hybridized carbons (Fsp3) is 0.533. The van der Waals surface area contributed by atoms with E-state index in [2.05, 4.69) is 4.98 Å². The van der Waals surface area contributed by atoms with E-state index in [-0.39, 0.29) is 96.4 Å². The number of carbonyl (C=O) groups is 5. The summed E-state index contributed by atoms with van der Waals surface area (Å²) in [5.41, 5.74) is 4.05. The van der Waals surface area contributed by atoms with Crippen molar-refractivity contribution < 1.29 is 43.3 Å². The van der Waals surface area contributed by atoms with Crippen LogP contribution in [-0.4, -0.2) is 94.2 Å². The Hall–Kier alpha value is -3.84. The van der Waals surface area contributed by atoms with E-state index in [0.717, 1.165) is 0 Å². The summed E-state index contributed by atoms with van der Waals surface area (Å²) in [5.74, 6) is -4.67. The van der Waals surface area contributed by atoms with E-state index in [1.165, 1.54) is 21.9 Å². The number of carboxylic acid groups (broad SMARTS) is 1. The maximum atomic E-state index is 14.2. The van der Waals surface area contributed by atoms with Gasteiger partial charge in [-0.25, -0.2) is 9.59 Å². The van der Waals surface area contributed by atoms with Crippen LogP contribution in [-0.2, 0) is 23.9 Å². The minimum absolute atomic E-state index is 0.0977. The molecule has 0 radical (unpaired) electrons. The molecule has 2 aliphatic rings. The van der Waals surface area contributed by atoms with Crippen LogP contribution in [0.15, 0.2) is 12.1 Å². The summed E-state index contributed by atoms with van der Waals surface area (Å²) in [6, 6.07) is 2.82. The number of benzene rings is 1. The number of esters is 1. The fourth-order valence-corrected chi connectivity index (χ4v) is 5.72. The van der Waals surface area contributed by atoms with Gasteiger partial charge in [-0.1, -0.05) is 23.2 Å². The zero-order valence-corrected chi connectivity index (χ0v) is 26.8. The molecule has 2 fully saturated rings. The molecular weight excluding hydrogens is 631 g/mol. The van der Waals surface area contributed by atoms with Crippen LogP contribution in [0, 0.1) is 0 Å². The number of hydrogen-bond acceptors (Lipinski definition) is 9. The lowest BCUT2D eigenvalue weighted by molar-refractivity contribution is -0.163. The highest BCUT2D eigenvalue weighted by molar-refractivity contribution is 6.42. The van der Waals surface area contributed by atoms with Gasteiger partial charge in [0, 0.05) is 38.0 Å². The van der Waals surface area contributed by atoms with Crippen LogP contribution in [0.4, 0.5) is 4.79 Å². The molecule has 1 unspecified atom stereocenters. The van der Waals surface area contributed by atoms with E-state index in [1.54, 1.807) is 20.8 Å². The Labute approximate surface area is 269 Å². The molecule has 3 N–H and O–H groups in total. The van der Waals surface area contributed by atoms with Crippen molar-refractivity contribution in [1.82, 2.24) is 14.8 Å². The van der Waals surface area contributed by atoms with Gasteiger partial charge in [-0.15, -0.1) is 0 Å². The average molecular weight is 668 g/mol. The number of carboxylic acids is 1. The molecule has 2 heterocycles. The van der Waals surface area contributed by atoms with E-state index in [1.807, 2.05) is 0 Å². The van der Waals surface area contributed by atoms with Crippen molar-refractivity contribution in [3.63, 3.8) is 0 Å². The number of halogens is 2. The second kappa shape index (κ2) is 14.1. The minimum Gasteiger partial charge on any atom is -0.478 e. The Morgan fingerprint density at radius 1 is 1.04 bits per heavy atom. The van der Waals surface area contributed by atoms with Crippen LogP contribution in [0.5, 0.6) is 5.75 Å². The monoisotopic (exact) mass is 666 g/mol. The molecule has 15 heteroatoms. The summed E-state index contributed by atoms with van der Waals surface area (Å²) in [5, 5.41) is 10.4. The molecular formula is C30H36Cl2N4O9. The van der Waals surface area contributed by atoms with E-state index in [4.69, 9.17) is 43.1 Å². The molecule has 0 spiro atoms. The Bertz CT molecular complexity index is 1500. The number of fused-ring (bicyclic) bond motifs is 1. The highest BCUT2D eigenvalue weighted by Crippen LogP contribution is 2.44. The molecule has 1 saturated heterocycles. The Kier molecular flexibility index (Phi) is 10.6. The van der Waals surface area contributed by atoms with Gasteiger partial charge in [0.15, 0.2) is 0 Å². The molecule has 1 aromatic heterocycles. The summed E-state index contributed by atoms with van der Waals surface area (Å²) in [6.45, 7) is 5.98. The number of amides is 3. The zero-order valence-electron chi connectivity index (χ0n) is 25.3. The quantitative estimate of drug-likeness (QED) is 0.331. The van der Waals surface area contributed by atoms with Gasteiger partial charge in [0.1, 0.15) is 11.3 Å². The fourth-order valence-electron chi connectivity index (χ4n) is 5.40. The third-order valence-electron chi connectivity index (χ3n) is 7.85. The van der Waals surface area contributed by atoms with Crippen LogP contribution in [0.3, 0.4) is 0 Å². The number of primary amides is 1. The summed E-state index contributed by atoms with van der Waals surface area (Å²) < 4.78 is 16.5. The molecule has 244 valence electrons. The number of aliphatic carboxylic acids is 1. The van der Waals surface area contributed by atoms with E-state index >= 15 is 0 Å². The number of pyridine rings is 1. The number of ether oxygens (including phenoxy) is 3. The number of hydrogen-bond donors (Lipinski definition) is 2. The second-order valence-electron chi connectivity index (χ2n) is 11.2. The van der Waals surface area contributed by atoms with E-state index in [9.17, 15) is 29.1 Å². The van der Waals surface area contributed by atoms with Crippen molar-refractivity contribution in [2.75, 3.05) is 32.8 Å². The Morgan fingerprint density at radius 2 is 1.67 bits per heavy atom. The van der Waals surface area contributed by atoms with Crippen LogP contribution >= 0.6 is 23.2 Å². The molecule has 2 aromatic rings. The van der Waals surface area contributed by atoms with Gasteiger partial charge in [-0.3, -0.25) is 19.4 Å². The van der Waals surface area contributed by atoms with Crippen LogP contribution in [0.25, 0.3) is 10.9 Å². The molecule has 45 heavy (non-hydrogen) atoms. The van der Waals surface area contributed by atoms with Crippen LogP contribution in [0.1, 0.15) is 74.8 Å². The number of nitrogens with two attached hydrogens (primary N) is 1. The normalized spacial score (nSPS) is 16.6. The van der Waals surface area contributed by atoms with Crippen LogP contribution in [0.2, 0.25) is 10.0 Å². The van der Waals surface area contributed by atoms with Gasteiger partial charge in [0.05, 0.1) is 39.9 Å². The maximum absolute atomic E-state index is 14.2. The predicted octanol–water partition coefficient (Wildman–Crippen LogP) is 4.14. The molecule has 1 aromatic carbocycles. The molecule has 0 bridgehead atoms. The largest absolute Gasteiger partial charge is 0.478 e. The summed E-state index contributed by atoms with van der Waals surface area (Å²) in [6.07, 6.45) is -0.283. The lowest BCUT2D eigenvalue weighted by atomic mass is 9.80. The lowest BCUT2D eigenvalue weighted by Gasteiger charge is -2.39. The first-order valence-corrected chi connectivity index (χ1v) is 15.5. The van der Waals surface area contributed by atoms with Crippen LogP contribution < -0.4 is 10.5 Å². The minimum atomic E-state index is -1.63. The zero-order chi connectivity index (χ0) is 33.1. The van der Waals surface area contributed by atoms with Gasteiger partial charge in [-0.05, 0) is 58.6 Å². The first kappa shape index (κ1) is 34.0. The van der Waals surface area contributed by atoms with Gasteiger partial charge in [-0.2, -0.15) is 0 Å². The molecule has 1 saturated carbocycles. The smallest absolute Gasteiger partial charge is 0.409 e. The van der Waals surface area contributed by atoms with E-state index < -0.39 is 47.5 Å². The standard InChI is InChI=1S/C30H36Cl2N4O9/c1-4-43-29(42)36-12-10-35(11-13-36)27(39)17(6-7-22(37)44-16(2)3)24-23(26(33)38)25(45-30(28(40)41)8-5-9-30)18-14-19(31)20(32)15-21(18)34-24/h14-17H,4-13H2,1-3H3,(H2,33,38)(H,40,41). The summed E-state index contributed by atoms with van der Waals surface area (Å²) in [7, 11) is 0. The highest BCUT2D eigenvalue weighted by atomic mass is 35.5. The first-order valence-electron chi connectivity index (χ1n) is 14.7. The number of aromatic nitrogens is 1. The van der Waals surface area contributed by atoms with Crippen molar-refractivity contribution in [2.45, 2.75) is 70.5 Å². The number of carbonyl (C=O) groups excluding carboxylic acids is 4. The maximum Gasteiger partial charge on any atom is 0.409 e. The van der Waals surface area contributed by atoms with Crippen molar-refractivity contribution in [1.29, 1.82) is 0 Å². The number of rotatable bonds is 11. The Morgan fingerprint density at radius 3 is 2.20 bits per heavy atom. The summed E-state index contributed by atoms with van der Waals surface area (Å²) >= 11 is 12.6. The lowest BCUT2D eigenvalue weighted by Crippen LogP contribution is -2.52. The molecule has 1 atom stereocenters. The molecule has 4 rings (SSSR count). The van der Waals surface area contributed by atoms with Crippen molar-refractivity contribution in [3.05, 3.63) is 33.4 Å². The average Bonchev–Trinajstić information content (AvgIpc) is 2.95. The molecule has 3 amide bonds. The molecule has 1 aliphatic carbocycles. The highest BCUT2D eigenvalue weighted by Gasteiger charge is 2.48. The first-order chi connectivity index (χ1) is 21.3. The number of piperazine rings is 1. The molecule has 1 aliphatic heterocycles. The van der Waals surface area contributed by atoms with Crippen molar-refractivity contribution in [2.24, 2.45) is 5.73 Å². The third kappa shape index (κ3) is 7.36. The SMILES string of the molecule is CCOC(=O)N1CCN(C(=O)C(CCC(=O)OC(C)C)c2nc3cc(Cl)c(Cl)cc3c(OC3(C(=O)O)CCC3)c2C(N)=O)CC1. The van der Waals surface area contributed by atoms with Crippen molar-refractivity contribution in [3.8, 4) is 5.75 Å². The third-order valence-corrected chi connectivity index (χ3v) is 8.57. The topological polar surface area (TPSA) is 179 Å². The van der Waals surface area contributed by atoms with Gasteiger partial charge in [0.25, 0.3) is 5.91 Å². The predicted molar refractivity (Wildman–Crippen MR) is 164 cm³/mol. The van der Waals surface area contributed by atoms with Gasteiger partial charge < -0.3 is 34.9 Å². The van der Waals surface area contributed by atoms with E-state index in [0.29, 0.717) is 6.42 Å².